The minimum atomic E-state index is -1.42. The first-order valence-electron chi connectivity index (χ1n) is 7.47. The molecule has 0 aliphatic carbocycles. The first-order chi connectivity index (χ1) is 11.5. The van der Waals surface area contributed by atoms with E-state index in [4.69, 9.17) is 15.3 Å². The molecule has 0 aliphatic rings. The number of aliphatic hydroxyl groups excluding tert-OH is 1. The number of rotatable bonds is 6. The van der Waals surface area contributed by atoms with Gasteiger partial charge in [0.2, 0.25) is 0 Å². The smallest absolute Gasteiger partial charge is 0.335 e. The van der Waals surface area contributed by atoms with Crippen LogP contribution in [0.25, 0.3) is 0 Å². The number of carboxylic acids is 1. The van der Waals surface area contributed by atoms with Crippen molar-refractivity contribution in [3.8, 4) is 0 Å². The molecule has 0 spiro atoms. The van der Waals surface area contributed by atoms with Crippen molar-refractivity contribution in [2.24, 2.45) is 0 Å². The van der Waals surface area contributed by atoms with Crippen molar-refractivity contribution >= 4 is 5.97 Å². The second-order valence-electron chi connectivity index (χ2n) is 5.11. The summed E-state index contributed by atoms with van der Waals surface area (Å²) in [5, 5.41) is 26.6. The van der Waals surface area contributed by atoms with E-state index in [9.17, 15) is 4.79 Å². The number of carboxylic acid groups (broad SMARTS) is 1. The Labute approximate surface area is 142 Å². The molecule has 0 unspecified atom stereocenters. The number of aromatic carboxylic acids is 1. The Morgan fingerprint density at radius 3 is 1.79 bits per heavy atom. The van der Waals surface area contributed by atoms with E-state index in [0.717, 1.165) is 24.0 Å². The Balaban J connectivity index is 0.000000272. The molecule has 0 atom stereocenters. The lowest BCUT2D eigenvalue weighted by atomic mass is 10.0. The maximum Gasteiger partial charge on any atom is 0.335 e. The van der Waals surface area contributed by atoms with Crippen LogP contribution >= 0.6 is 0 Å². The number of aliphatic hydroxyl groups is 2. The van der Waals surface area contributed by atoms with E-state index in [1.165, 1.54) is 0 Å². The number of benzene rings is 2. The van der Waals surface area contributed by atoms with Crippen LogP contribution in [0, 0.1) is 0 Å². The van der Waals surface area contributed by atoms with Gasteiger partial charge in [0.05, 0.1) is 5.56 Å². The van der Waals surface area contributed by atoms with Gasteiger partial charge in [0.15, 0.2) is 6.29 Å². The average Bonchev–Trinajstić information content (AvgIpc) is 2.56. The summed E-state index contributed by atoms with van der Waals surface area (Å²) in [6, 6.07) is 13.9. The summed E-state index contributed by atoms with van der Waals surface area (Å²) >= 11 is 0. The second kappa shape index (κ2) is 10.2. The van der Waals surface area contributed by atoms with Crippen molar-refractivity contribution in [2.45, 2.75) is 19.1 Å². The lowest BCUT2D eigenvalue weighted by Crippen LogP contribution is -1.98. The summed E-state index contributed by atoms with van der Waals surface area (Å²) in [5.41, 5.74) is 2.92. The Hall–Kier alpha value is -2.69. The maximum absolute atomic E-state index is 10.2. The molecule has 0 saturated carbocycles. The normalized spacial score (nSPS) is 9.79. The van der Waals surface area contributed by atoms with Gasteiger partial charge in [0.1, 0.15) is 0 Å². The fourth-order valence-electron chi connectivity index (χ4n) is 2.09. The highest BCUT2D eigenvalue weighted by atomic mass is 16.5. The van der Waals surface area contributed by atoms with Gasteiger partial charge < -0.3 is 15.3 Å². The molecule has 2 aromatic carbocycles. The third-order valence-electron chi connectivity index (χ3n) is 3.15. The predicted molar refractivity (Wildman–Crippen MR) is 94.8 cm³/mol. The quantitative estimate of drug-likeness (QED) is 0.561. The molecule has 0 amide bonds. The first kappa shape index (κ1) is 19.4. The average molecular weight is 326 g/mol. The second-order valence-corrected chi connectivity index (χ2v) is 5.11. The van der Waals surface area contributed by atoms with Crippen molar-refractivity contribution in [1.82, 2.24) is 0 Å². The third kappa shape index (κ3) is 6.60. The van der Waals surface area contributed by atoms with Gasteiger partial charge in [-0.1, -0.05) is 48.6 Å². The van der Waals surface area contributed by atoms with E-state index in [0.29, 0.717) is 11.1 Å². The van der Waals surface area contributed by atoms with Crippen molar-refractivity contribution in [3.05, 3.63) is 96.1 Å². The Morgan fingerprint density at radius 2 is 1.46 bits per heavy atom. The highest BCUT2D eigenvalue weighted by Crippen LogP contribution is 2.17. The first-order valence-corrected chi connectivity index (χ1v) is 7.47. The van der Waals surface area contributed by atoms with Gasteiger partial charge in [-0.2, -0.15) is 0 Å². The predicted octanol–water partition coefficient (Wildman–Crippen LogP) is 3.51. The molecule has 0 fully saturated rings. The molecule has 0 heterocycles. The van der Waals surface area contributed by atoms with Gasteiger partial charge in [0, 0.05) is 5.56 Å². The molecular formula is C20H22O4. The highest BCUT2D eigenvalue weighted by Gasteiger charge is 2.05. The van der Waals surface area contributed by atoms with Gasteiger partial charge in [-0.3, -0.25) is 0 Å². The van der Waals surface area contributed by atoms with Crippen LogP contribution < -0.4 is 0 Å². The summed E-state index contributed by atoms with van der Waals surface area (Å²) in [6.45, 7) is 7.32. The summed E-state index contributed by atoms with van der Waals surface area (Å²) in [4.78, 5) is 10.2. The number of hydrogen-bond acceptors (Lipinski definition) is 3. The molecule has 0 saturated heterocycles. The number of hydrogen-bond donors (Lipinski definition) is 3. The van der Waals surface area contributed by atoms with Crippen LogP contribution in [-0.4, -0.2) is 21.3 Å². The molecular weight excluding hydrogens is 304 g/mol. The lowest BCUT2D eigenvalue weighted by Gasteiger charge is -2.09. The largest absolute Gasteiger partial charge is 0.478 e. The lowest BCUT2D eigenvalue weighted by molar-refractivity contribution is -0.0425. The van der Waals surface area contributed by atoms with Crippen molar-refractivity contribution in [3.63, 3.8) is 0 Å². The molecule has 2 rings (SSSR count). The summed E-state index contributed by atoms with van der Waals surface area (Å²) < 4.78 is 0. The van der Waals surface area contributed by atoms with E-state index in [1.54, 1.807) is 54.6 Å². The van der Waals surface area contributed by atoms with Crippen LogP contribution in [-0.2, 0) is 12.8 Å². The zero-order valence-electron chi connectivity index (χ0n) is 13.4. The van der Waals surface area contributed by atoms with Gasteiger partial charge in [0.25, 0.3) is 0 Å². The minimum Gasteiger partial charge on any atom is -0.478 e. The molecule has 0 aromatic heterocycles. The van der Waals surface area contributed by atoms with Crippen LogP contribution in [0.2, 0.25) is 0 Å². The molecule has 0 bridgehead atoms. The SMILES string of the molecule is C=CCc1cc(CC=C)cc(C(O)O)c1.O=C(O)c1ccccc1. The fraction of sp³-hybridized carbons (Fsp3) is 0.150. The van der Waals surface area contributed by atoms with Crippen molar-refractivity contribution in [2.75, 3.05) is 0 Å². The van der Waals surface area contributed by atoms with Crippen LogP contribution in [0.15, 0.2) is 73.8 Å². The molecule has 24 heavy (non-hydrogen) atoms. The zero-order valence-corrected chi connectivity index (χ0v) is 13.4. The van der Waals surface area contributed by atoms with Crippen LogP contribution in [0.5, 0.6) is 0 Å². The fourth-order valence-corrected chi connectivity index (χ4v) is 2.09. The van der Waals surface area contributed by atoms with Crippen LogP contribution in [0.3, 0.4) is 0 Å². The van der Waals surface area contributed by atoms with Crippen molar-refractivity contribution < 1.29 is 20.1 Å². The van der Waals surface area contributed by atoms with Gasteiger partial charge in [-0.25, -0.2) is 4.79 Å². The Morgan fingerprint density at radius 1 is 0.958 bits per heavy atom. The van der Waals surface area contributed by atoms with Gasteiger partial charge >= 0.3 is 5.97 Å². The topological polar surface area (TPSA) is 77.8 Å². The standard InChI is InChI=1S/C13H16O2.C7H6O2/c1-3-5-10-7-11(6-4-2)9-12(8-10)13(14)15;8-7(9)6-4-2-1-3-5-6/h3-4,7-9,13-15H,1-2,5-6H2;1-5H,(H,8,9). The maximum atomic E-state index is 10.2. The van der Waals surface area contributed by atoms with Gasteiger partial charge in [-0.15, -0.1) is 13.2 Å². The molecule has 0 aliphatic heterocycles. The van der Waals surface area contributed by atoms with E-state index < -0.39 is 12.3 Å². The summed E-state index contributed by atoms with van der Waals surface area (Å²) in [5.74, 6) is -0.879. The van der Waals surface area contributed by atoms with E-state index >= 15 is 0 Å². The minimum absolute atomic E-state index is 0.331. The monoisotopic (exact) mass is 326 g/mol. The molecule has 4 nitrogen and oxygen atoms in total. The van der Waals surface area contributed by atoms with E-state index in [1.807, 2.05) is 6.07 Å². The number of carbonyl (C=O) groups is 1. The molecule has 0 radical (unpaired) electrons. The molecule has 3 N–H and O–H groups in total. The van der Waals surface area contributed by atoms with Crippen LogP contribution in [0.4, 0.5) is 0 Å². The zero-order chi connectivity index (χ0) is 17.9. The molecule has 4 heteroatoms. The Bertz CT molecular complexity index is 647. The summed E-state index contributed by atoms with van der Waals surface area (Å²) in [6.07, 6.45) is 3.62. The Kier molecular flexibility index (Phi) is 8.19. The van der Waals surface area contributed by atoms with Crippen molar-refractivity contribution in [1.29, 1.82) is 0 Å². The summed E-state index contributed by atoms with van der Waals surface area (Å²) in [7, 11) is 0. The molecule has 2 aromatic rings. The molecule has 126 valence electrons. The number of allylic oxidation sites excluding steroid dienone is 2. The third-order valence-corrected chi connectivity index (χ3v) is 3.15. The highest BCUT2D eigenvalue weighted by molar-refractivity contribution is 5.87. The van der Waals surface area contributed by atoms with Crippen LogP contribution in [0.1, 0.15) is 33.3 Å². The van der Waals surface area contributed by atoms with Gasteiger partial charge in [-0.05, 0) is 36.1 Å². The van der Waals surface area contributed by atoms with E-state index in [2.05, 4.69) is 13.2 Å². The van der Waals surface area contributed by atoms with E-state index in [-0.39, 0.29) is 0 Å².